The van der Waals surface area contributed by atoms with Crippen molar-refractivity contribution < 1.29 is 32.5 Å². The van der Waals surface area contributed by atoms with Crippen LogP contribution in [-0.2, 0) is 39.4 Å². The lowest BCUT2D eigenvalue weighted by atomic mass is 10.1. The molecule has 11 nitrogen and oxygen atoms in total. The van der Waals surface area contributed by atoms with Crippen LogP contribution in [0.3, 0.4) is 0 Å². The molecule has 14 heteroatoms. The van der Waals surface area contributed by atoms with E-state index in [1.54, 1.807) is 6.92 Å². The highest BCUT2D eigenvalue weighted by Gasteiger charge is 2.46. The van der Waals surface area contributed by atoms with Crippen molar-refractivity contribution in [3.63, 3.8) is 0 Å². The third kappa shape index (κ3) is 5.19. The summed E-state index contributed by atoms with van der Waals surface area (Å²) in [4.78, 5) is 34.9. The Labute approximate surface area is 154 Å². The van der Waals surface area contributed by atoms with Crippen LogP contribution >= 0.6 is 14.7 Å². The van der Waals surface area contributed by atoms with Gasteiger partial charge in [-0.2, -0.15) is 0 Å². The Kier molecular flexibility index (Phi) is 7.49. The molecule has 2 unspecified atom stereocenters. The van der Waals surface area contributed by atoms with Gasteiger partial charge in [0.15, 0.2) is 19.8 Å². The fourth-order valence-corrected chi connectivity index (χ4v) is 3.79. The first-order valence-corrected chi connectivity index (χ1v) is 11.6. The Hall–Kier alpha value is -0.680. The summed E-state index contributed by atoms with van der Waals surface area (Å²) in [5, 5.41) is 0. The highest BCUT2D eigenvalue weighted by molar-refractivity contribution is 8.00. The number of nitrogens with zero attached hydrogens (tertiary/aromatic N) is 1. The molecular formula is C12H20N2O9P2S. The predicted molar refractivity (Wildman–Crippen MR) is 94.7 cm³/mol. The lowest BCUT2D eigenvalue weighted by Crippen LogP contribution is -2.34. The number of hydrogen-bond acceptors (Lipinski definition) is 9. The maximum absolute atomic E-state index is 12.0. The normalized spacial score (nSPS) is 29.4. The Bertz CT molecular complexity index is 812. The molecule has 2 heterocycles. The molecule has 0 saturated carbocycles. The van der Waals surface area contributed by atoms with Crippen molar-refractivity contribution in [2.45, 2.75) is 25.5 Å². The molecular weight excluding hydrogens is 410 g/mol. The monoisotopic (exact) mass is 430 g/mol. The van der Waals surface area contributed by atoms with Crippen molar-refractivity contribution in [2.24, 2.45) is 5.92 Å². The second-order valence-electron chi connectivity index (χ2n) is 5.42. The fourth-order valence-electron chi connectivity index (χ4n) is 2.37. The van der Waals surface area contributed by atoms with Crippen LogP contribution in [0.4, 0.5) is 0 Å². The van der Waals surface area contributed by atoms with Crippen LogP contribution in [0.5, 0.6) is 0 Å². The van der Waals surface area contributed by atoms with E-state index >= 15 is 0 Å². The number of rotatable bonds is 8. The van der Waals surface area contributed by atoms with Gasteiger partial charge in [-0.15, -0.1) is 0 Å². The molecule has 1 aromatic heterocycles. The van der Waals surface area contributed by atoms with Gasteiger partial charge in [0.2, 0.25) is 0 Å². The fraction of sp³-hybridized carbons (Fsp3) is 0.667. The first-order chi connectivity index (χ1) is 12.2. The second-order valence-corrected chi connectivity index (χ2v) is 9.47. The summed E-state index contributed by atoms with van der Waals surface area (Å²) < 4.78 is 38.9. The number of aromatic nitrogens is 2. The molecule has 1 aliphatic rings. The van der Waals surface area contributed by atoms with Crippen LogP contribution in [0.2, 0.25) is 0 Å². The van der Waals surface area contributed by atoms with Crippen LogP contribution in [0.25, 0.3) is 0 Å². The smallest absolute Gasteiger partial charge is 0.337 e. The molecule has 0 bridgehead atoms. The van der Waals surface area contributed by atoms with Gasteiger partial charge in [0.1, 0.15) is 12.3 Å². The molecule has 26 heavy (non-hydrogen) atoms. The lowest BCUT2D eigenvalue weighted by Gasteiger charge is -2.22. The molecule has 0 amide bonds. The number of H-pyrrole nitrogens is 1. The highest BCUT2D eigenvalue weighted by Crippen LogP contribution is 2.45. The molecule has 1 aromatic rings. The minimum atomic E-state index is -3.94. The molecule has 2 rings (SSSR count). The standard InChI is InChI=1S/C12H20N2O9P2S/c1-7-9(23-24(26)19-2)11(21-6-25(17,18)20-3)22-10(7)14-5-4-8(15)13-12(14)16/h4-5,7,9-11,24H,6H2,1-3H3,(H,17,18)(H,13,15,16)/t7-,9+,10-,11+/m1/s1. The SMILES string of the molecule is CO[PH](=S)O[C@@H]1[C@@H](OCP(=O)(O)OC)O[C@@H](n2ccc(=O)[nH]c2=O)[C@@H]1C. The lowest BCUT2D eigenvalue weighted by molar-refractivity contribution is -0.164. The summed E-state index contributed by atoms with van der Waals surface area (Å²) in [5.74, 6) is -0.442. The zero-order chi connectivity index (χ0) is 19.5. The average molecular weight is 430 g/mol. The number of nitrogens with one attached hydrogen (secondary N) is 1. The molecule has 1 saturated heterocycles. The van der Waals surface area contributed by atoms with E-state index < -0.39 is 56.9 Å². The minimum absolute atomic E-state index is 0.442. The molecule has 0 spiro atoms. The Morgan fingerprint density at radius 3 is 2.73 bits per heavy atom. The van der Waals surface area contributed by atoms with E-state index in [9.17, 15) is 19.0 Å². The molecule has 148 valence electrons. The minimum Gasteiger partial charge on any atom is -0.337 e. The van der Waals surface area contributed by atoms with Crippen molar-refractivity contribution in [1.29, 1.82) is 0 Å². The molecule has 0 aliphatic carbocycles. The number of ether oxygens (including phenoxy) is 2. The summed E-state index contributed by atoms with van der Waals surface area (Å²) in [6.45, 7) is 1.73. The van der Waals surface area contributed by atoms with Gasteiger partial charge < -0.3 is 27.9 Å². The first-order valence-electron chi connectivity index (χ1n) is 7.39. The summed E-state index contributed by atoms with van der Waals surface area (Å²) in [6.07, 6.45) is -2.06. The second kappa shape index (κ2) is 9.01. The summed E-state index contributed by atoms with van der Waals surface area (Å²) >= 11 is 5.06. The largest absolute Gasteiger partial charge is 0.353 e. The quantitative estimate of drug-likeness (QED) is 0.556. The van der Waals surface area contributed by atoms with E-state index in [0.29, 0.717) is 0 Å². The van der Waals surface area contributed by atoms with E-state index in [1.807, 2.05) is 0 Å². The van der Waals surface area contributed by atoms with Crippen molar-refractivity contribution in [3.05, 3.63) is 33.1 Å². The third-order valence-corrected chi connectivity index (χ3v) is 6.35. The Morgan fingerprint density at radius 1 is 1.46 bits per heavy atom. The zero-order valence-corrected chi connectivity index (χ0v) is 16.9. The van der Waals surface area contributed by atoms with Gasteiger partial charge in [0.05, 0.1) is 0 Å². The number of hydrogen-bond donors (Lipinski definition) is 2. The summed E-state index contributed by atoms with van der Waals surface area (Å²) in [5.41, 5.74) is -1.22. The van der Waals surface area contributed by atoms with Crippen molar-refractivity contribution in [1.82, 2.24) is 9.55 Å². The van der Waals surface area contributed by atoms with Gasteiger partial charge in [-0.05, 0) is 11.8 Å². The van der Waals surface area contributed by atoms with E-state index in [2.05, 4.69) is 9.51 Å². The van der Waals surface area contributed by atoms with Crippen molar-refractivity contribution in [3.8, 4) is 0 Å². The predicted octanol–water partition coefficient (Wildman–Crippen LogP) is 0.371. The van der Waals surface area contributed by atoms with Gasteiger partial charge in [-0.1, -0.05) is 6.92 Å². The van der Waals surface area contributed by atoms with Crippen LogP contribution in [0.1, 0.15) is 13.2 Å². The van der Waals surface area contributed by atoms with Crippen LogP contribution < -0.4 is 11.2 Å². The molecule has 1 aliphatic heterocycles. The topological polar surface area (TPSA) is 138 Å². The summed E-state index contributed by atoms with van der Waals surface area (Å²) in [7, 11) is -3.51. The maximum atomic E-state index is 12.0. The summed E-state index contributed by atoms with van der Waals surface area (Å²) in [6, 6.07) is 1.17. The maximum Gasteiger partial charge on any atom is 0.353 e. The van der Waals surface area contributed by atoms with Crippen LogP contribution in [0, 0.1) is 5.92 Å². The zero-order valence-electron chi connectivity index (χ0n) is 14.2. The van der Waals surface area contributed by atoms with E-state index in [-0.39, 0.29) is 0 Å². The Morgan fingerprint density at radius 2 is 2.15 bits per heavy atom. The number of aromatic amines is 1. The van der Waals surface area contributed by atoms with E-state index in [4.69, 9.17) is 30.3 Å². The van der Waals surface area contributed by atoms with Gasteiger partial charge in [0, 0.05) is 32.4 Å². The van der Waals surface area contributed by atoms with Crippen molar-refractivity contribution in [2.75, 3.05) is 20.6 Å². The third-order valence-electron chi connectivity index (χ3n) is 3.72. The van der Waals surface area contributed by atoms with Gasteiger partial charge in [-0.3, -0.25) is 18.9 Å². The van der Waals surface area contributed by atoms with Crippen LogP contribution in [-0.4, -0.2) is 47.4 Å². The van der Waals surface area contributed by atoms with Crippen LogP contribution in [0.15, 0.2) is 21.9 Å². The van der Waals surface area contributed by atoms with Gasteiger partial charge >= 0.3 is 13.3 Å². The molecule has 0 radical (unpaired) electrons. The van der Waals surface area contributed by atoms with Gasteiger partial charge in [-0.25, -0.2) is 4.79 Å². The van der Waals surface area contributed by atoms with Crippen molar-refractivity contribution >= 4 is 26.6 Å². The first kappa shape index (κ1) is 21.6. The van der Waals surface area contributed by atoms with Gasteiger partial charge in [0.25, 0.3) is 5.56 Å². The molecule has 0 aromatic carbocycles. The average Bonchev–Trinajstić information content (AvgIpc) is 2.89. The van der Waals surface area contributed by atoms with E-state index in [1.165, 1.54) is 23.9 Å². The molecule has 6 atom stereocenters. The Balaban J connectivity index is 2.27. The molecule has 1 fully saturated rings. The molecule has 2 N–H and O–H groups in total. The van der Waals surface area contributed by atoms with E-state index in [0.717, 1.165) is 7.11 Å². The highest BCUT2D eigenvalue weighted by atomic mass is 32.4.